The Balaban J connectivity index is 0.00000180. The van der Waals surface area contributed by atoms with Gasteiger partial charge in [-0.1, -0.05) is 32.6 Å². The van der Waals surface area contributed by atoms with E-state index in [1.807, 2.05) is 0 Å². The first-order valence-electron chi connectivity index (χ1n) is 7.69. The maximum atomic E-state index is 12.2. The standard InChI is InChI=1S/C15H28N2O.ClH/c1-11(9-13-5-3-4-6-13)15(18)17-14-7-8-16-12(2)10-14;/h11-14,16H,3-10H2,1-2H3,(H,17,18);1H. The number of hydrogen-bond donors (Lipinski definition) is 2. The molecule has 1 amide bonds. The fraction of sp³-hybridized carbons (Fsp3) is 0.933. The summed E-state index contributed by atoms with van der Waals surface area (Å²) in [6.07, 6.45) is 8.64. The molecule has 4 heteroatoms. The van der Waals surface area contributed by atoms with Gasteiger partial charge >= 0.3 is 0 Å². The van der Waals surface area contributed by atoms with E-state index in [1.165, 1.54) is 25.7 Å². The van der Waals surface area contributed by atoms with Gasteiger partial charge < -0.3 is 10.6 Å². The molecule has 1 heterocycles. The quantitative estimate of drug-likeness (QED) is 0.835. The van der Waals surface area contributed by atoms with Crippen LogP contribution in [0.15, 0.2) is 0 Å². The maximum Gasteiger partial charge on any atom is 0.223 e. The Labute approximate surface area is 123 Å². The lowest BCUT2D eigenvalue weighted by Gasteiger charge is -2.29. The fourth-order valence-electron chi connectivity index (χ4n) is 3.46. The number of piperidine rings is 1. The molecule has 0 spiro atoms. The van der Waals surface area contributed by atoms with E-state index in [4.69, 9.17) is 0 Å². The number of carbonyl (C=O) groups excluding carboxylic acids is 1. The Morgan fingerprint density at radius 1 is 1.32 bits per heavy atom. The molecule has 2 rings (SSSR count). The normalized spacial score (nSPS) is 29.6. The van der Waals surface area contributed by atoms with Gasteiger partial charge in [0.15, 0.2) is 0 Å². The van der Waals surface area contributed by atoms with Gasteiger partial charge in [-0.15, -0.1) is 12.4 Å². The van der Waals surface area contributed by atoms with Crippen molar-refractivity contribution in [3.63, 3.8) is 0 Å². The number of amides is 1. The highest BCUT2D eigenvalue weighted by atomic mass is 35.5. The average Bonchev–Trinajstić information content (AvgIpc) is 2.81. The van der Waals surface area contributed by atoms with E-state index < -0.39 is 0 Å². The molecule has 2 aliphatic rings. The lowest BCUT2D eigenvalue weighted by molar-refractivity contribution is -0.126. The third kappa shape index (κ3) is 5.31. The summed E-state index contributed by atoms with van der Waals surface area (Å²) in [5.41, 5.74) is 0. The van der Waals surface area contributed by atoms with Gasteiger partial charge in [0, 0.05) is 18.0 Å². The summed E-state index contributed by atoms with van der Waals surface area (Å²) < 4.78 is 0. The van der Waals surface area contributed by atoms with Crippen molar-refractivity contribution in [3.8, 4) is 0 Å². The minimum absolute atomic E-state index is 0. The molecule has 0 aromatic carbocycles. The molecule has 3 unspecified atom stereocenters. The van der Waals surface area contributed by atoms with Crippen LogP contribution in [0.3, 0.4) is 0 Å². The van der Waals surface area contributed by atoms with Gasteiger partial charge in [-0.25, -0.2) is 0 Å². The monoisotopic (exact) mass is 288 g/mol. The average molecular weight is 289 g/mol. The van der Waals surface area contributed by atoms with E-state index in [0.29, 0.717) is 12.1 Å². The number of halogens is 1. The first-order valence-corrected chi connectivity index (χ1v) is 7.69. The molecular weight excluding hydrogens is 260 g/mol. The van der Waals surface area contributed by atoms with Gasteiger partial charge in [0.25, 0.3) is 0 Å². The molecule has 1 aliphatic carbocycles. The summed E-state index contributed by atoms with van der Waals surface area (Å²) in [7, 11) is 0. The van der Waals surface area contributed by atoms with Crippen LogP contribution >= 0.6 is 12.4 Å². The van der Waals surface area contributed by atoms with Gasteiger partial charge in [0.2, 0.25) is 5.91 Å². The smallest absolute Gasteiger partial charge is 0.223 e. The fourth-order valence-corrected chi connectivity index (χ4v) is 3.46. The first kappa shape index (κ1) is 16.8. The molecule has 0 bridgehead atoms. The molecule has 2 N–H and O–H groups in total. The second-order valence-electron chi connectivity index (χ2n) is 6.37. The highest BCUT2D eigenvalue weighted by molar-refractivity contribution is 5.85. The van der Waals surface area contributed by atoms with Crippen LogP contribution in [-0.4, -0.2) is 24.5 Å². The van der Waals surface area contributed by atoms with Crippen molar-refractivity contribution in [2.24, 2.45) is 11.8 Å². The molecule has 1 saturated carbocycles. The highest BCUT2D eigenvalue weighted by Crippen LogP contribution is 2.30. The van der Waals surface area contributed by atoms with E-state index in [2.05, 4.69) is 24.5 Å². The summed E-state index contributed by atoms with van der Waals surface area (Å²) >= 11 is 0. The molecule has 3 atom stereocenters. The van der Waals surface area contributed by atoms with Crippen LogP contribution in [0.25, 0.3) is 0 Å². The Bertz CT molecular complexity index is 279. The van der Waals surface area contributed by atoms with Crippen molar-refractivity contribution in [1.29, 1.82) is 0 Å². The lowest BCUT2D eigenvalue weighted by atomic mass is 9.93. The SMILES string of the molecule is CC1CC(NC(=O)C(C)CC2CCCC2)CCN1.Cl. The van der Waals surface area contributed by atoms with Gasteiger partial charge in [-0.2, -0.15) is 0 Å². The van der Waals surface area contributed by atoms with Gasteiger partial charge in [0.1, 0.15) is 0 Å². The van der Waals surface area contributed by atoms with Crippen LogP contribution in [0.4, 0.5) is 0 Å². The van der Waals surface area contributed by atoms with Crippen LogP contribution in [0.2, 0.25) is 0 Å². The van der Waals surface area contributed by atoms with Crippen molar-refractivity contribution in [2.45, 2.75) is 70.9 Å². The van der Waals surface area contributed by atoms with Crippen molar-refractivity contribution in [1.82, 2.24) is 10.6 Å². The van der Waals surface area contributed by atoms with Gasteiger partial charge in [-0.05, 0) is 38.6 Å². The molecule has 1 saturated heterocycles. The zero-order valence-corrected chi connectivity index (χ0v) is 13.1. The van der Waals surface area contributed by atoms with Crippen LogP contribution in [0.1, 0.15) is 58.8 Å². The first-order chi connectivity index (χ1) is 8.65. The van der Waals surface area contributed by atoms with Crippen LogP contribution < -0.4 is 10.6 Å². The Hall–Kier alpha value is -0.280. The molecule has 2 fully saturated rings. The lowest BCUT2D eigenvalue weighted by Crippen LogP contribution is -2.47. The third-order valence-electron chi connectivity index (χ3n) is 4.58. The van der Waals surface area contributed by atoms with E-state index in [1.54, 1.807) is 0 Å². The van der Waals surface area contributed by atoms with E-state index >= 15 is 0 Å². The zero-order valence-electron chi connectivity index (χ0n) is 12.3. The topological polar surface area (TPSA) is 41.1 Å². The molecular formula is C15H29ClN2O. The Morgan fingerprint density at radius 3 is 2.63 bits per heavy atom. The summed E-state index contributed by atoms with van der Waals surface area (Å²) in [6.45, 7) is 5.32. The predicted molar refractivity (Wildman–Crippen MR) is 81.6 cm³/mol. The number of carbonyl (C=O) groups is 1. The zero-order chi connectivity index (χ0) is 13.0. The molecule has 0 radical (unpaired) electrons. The summed E-state index contributed by atoms with van der Waals surface area (Å²) in [6, 6.07) is 0.925. The van der Waals surface area contributed by atoms with E-state index in [-0.39, 0.29) is 24.2 Å². The minimum atomic E-state index is 0. The van der Waals surface area contributed by atoms with Crippen molar-refractivity contribution in [3.05, 3.63) is 0 Å². The van der Waals surface area contributed by atoms with Crippen molar-refractivity contribution in [2.75, 3.05) is 6.54 Å². The van der Waals surface area contributed by atoms with E-state index in [0.717, 1.165) is 31.7 Å². The predicted octanol–water partition coefficient (Wildman–Crippen LogP) is 2.88. The van der Waals surface area contributed by atoms with Gasteiger partial charge in [-0.3, -0.25) is 4.79 Å². The second-order valence-corrected chi connectivity index (χ2v) is 6.37. The Kier molecular flexibility index (Phi) is 7.16. The summed E-state index contributed by atoms with van der Waals surface area (Å²) in [5, 5.41) is 6.67. The second kappa shape index (κ2) is 8.11. The van der Waals surface area contributed by atoms with Crippen LogP contribution in [0, 0.1) is 11.8 Å². The molecule has 0 aromatic heterocycles. The molecule has 19 heavy (non-hydrogen) atoms. The molecule has 3 nitrogen and oxygen atoms in total. The Morgan fingerprint density at radius 2 is 2.00 bits per heavy atom. The van der Waals surface area contributed by atoms with Crippen LogP contribution in [0.5, 0.6) is 0 Å². The highest BCUT2D eigenvalue weighted by Gasteiger charge is 2.25. The van der Waals surface area contributed by atoms with Crippen molar-refractivity contribution < 1.29 is 4.79 Å². The molecule has 1 aliphatic heterocycles. The third-order valence-corrected chi connectivity index (χ3v) is 4.58. The largest absolute Gasteiger partial charge is 0.353 e. The number of hydrogen-bond acceptors (Lipinski definition) is 2. The minimum Gasteiger partial charge on any atom is -0.353 e. The van der Waals surface area contributed by atoms with Crippen molar-refractivity contribution >= 4 is 18.3 Å². The maximum absolute atomic E-state index is 12.2. The van der Waals surface area contributed by atoms with Gasteiger partial charge in [0.05, 0.1) is 0 Å². The summed E-state index contributed by atoms with van der Waals surface area (Å²) in [5.74, 6) is 1.27. The van der Waals surface area contributed by atoms with Crippen LogP contribution in [-0.2, 0) is 4.79 Å². The van der Waals surface area contributed by atoms with E-state index in [9.17, 15) is 4.79 Å². The molecule has 0 aromatic rings. The number of nitrogens with one attached hydrogen (secondary N) is 2. The summed E-state index contributed by atoms with van der Waals surface area (Å²) in [4.78, 5) is 12.2. The number of rotatable bonds is 4. The molecule has 112 valence electrons.